The molecule has 0 radical (unpaired) electrons. The molecule has 0 aliphatic heterocycles. The number of imidazole rings is 1. The zero-order chi connectivity index (χ0) is 15.2. The van der Waals surface area contributed by atoms with E-state index in [1.165, 1.54) is 19.5 Å². The topological polar surface area (TPSA) is 82.2 Å². The molecular weight excluding hydrogens is 346 g/mol. The highest BCUT2D eigenvalue weighted by atomic mass is 35.5. The minimum absolute atomic E-state index is 0. The fourth-order valence-electron chi connectivity index (χ4n) is 1.88. The maximum atomic E-state index is 14.0. The Bertz CT molecular complexity index is 607. The molecule has 128 valence electrons. The number of ether oxygens (including phenoxy) is 1. The van der Waals surface area contributed by atoms with E-state index in [1.807, 2.05) is 0 Å². The summed E-state index contributed by atoms with van der Waals surface area (Å²) in [6.07, 6.45) is 4.48. The van der Waals surface area contributed by atoms with Gasteiger partial charge in [-0.3, -0.25) is 4.79 Å². The molecule has 23 heavy (non-hydrogen) atoms. The van der Waals surface area contributed by atoms with Crippen molar-refractivity contribution in [2.45, 2.75) is 12.5 Å². The van der Waals surface area contributed by atoms with E-state index >= 15 is 0 Å². The maximum absolute atomic E-state index is 14.0. The number of nitrogens with zero attached hydrogens (tertiary/aromatic N) is 2. The molecule has 1 amide bonds. The zero-order valence-electron chi connectivity index (χ0n) is 12.4. The van der Waals surface area contributed by atoms with Crippen LogP contribution in [0.1, 0.15) is 6.42 Å². The van der Waals surface area contributed by atoms with Crippen molar-refractivity contribution in [3.05, 3.63) is 42.7 Å². The lowest BCUT2D eigenvalue weighted by molar-refractivity contribution is -0.118. The second kappa shape index (κ2) is 10.2. The molecule has 2 rings (SSSR count). The number of benzene rings is 1. The van der Waals surface area contributed by atoms with Crippen LogP contribution < -0.4 is 11.1 Å². The second-order valence-corrected chi connectivity index (χ2v) is 4.48. The first-order valence-corrected chi connectivity index (χ1v) is 6.44. The molecule has 1 aromatic heterocycles. The molecule has 1 unspecified atom stereocenters. The van der Waals surface area contributed by atoms with Gasteiger partial charge in [0.25, 0.3) is 0 Å². The quantitative estimate of drug-likeness (QED) is 0.822. The molecule has 0 spiro atoms. The first kappa shape index (κ1) is 21.3. The van der Waals surface area contributed by atoms with Crippen molar-refractivity contribution in [3.63, 3.8) is 0 Å². The molecule has 9 heteroatoms. The Balaban J connectivity index is 0.00000242. The van der Waals surface area contributed by atoms with Gasteiger partial charge in [0.1, 0.15) is 5.82 Å². The van der Waals surface area contributed by atoms with Crippen LogP contribution in [0.15, 0.2) is 36.9 Å². The molecule has 0 aliphatic rings. The first-order valence-electron chi connectivity index (χ1n) is 6.44. The summed E-state index contributed by atoms with van der Waals surface area (Å²) in [7, 11) is 1.49. The molecule has 1 atom stereocenters. The maximum Gasteiger partial charge on any atom is 0.227 e. The number of aromatic nitrogens is 2. The van der Waals surface area contributed by atoms with Crippen LogP contribution in [0.3, 0.4) is 0 Å². The van der Waals surface area contributed by atoms with Gasteiger partial charge in [-0.15, -0.1) is 24.8 Å². The minimum Gasteiger partial charge on any atom is -0.380 e. The summed E-state index contributed by atoms with van der Waals surface area (Å²) < 4.78 is 20.6. The van der Waals surface area contributed by atoms with Crippen LogP contribution in [0.25, 0.3) is 5.69 Å². The Morgan fingerprint density at radius 3 is 2.74 bits per heavy atom. The van der Waals surface area contributed by atoms with E-state index in [9.17, 15) is 9.18 Å². The third-order valence-corrected chi connectivity index (χ3v) is 3.02. The highest BCUT2D eigenvalue weighted by Gasteiger charge is 2.12. The minimum atomic E-state index is -0.451. The molecule has 2 aromatic rings. The summed E-state index contributed by atoms with van der Waals surface area (Å²) in [4.78, 5) is 15.6. The number of hydrogen-bond acceptors (Lipinski definition) is 4. The largest absolute Gasteiger partial charge is 0.380 e. The van der Waals surface area contributed by atoms with Gasteiger partial charge >= 0.3 is 0 Å². The molecule has 0 aliphatic carbocycles. The van der Waals surface area contributed by atoms with Crippen molar-refractivity contribution >= 4 is 36.4 Å². The number of halogens is 3. The standard InChI is InChI=1S/C14H17FN4O2.2ClH/c1-21-11(8-16)7-14(20)18-10-2-3-13(12(15)6-10)19-5-4-17-9-19;;/h2-6,9,11H,7-8,16H2,1H3,(H,18,20);2*1H. The lowest BCUT2D eigenvalue weighted by Gasteiger charge is -2.13. The number of methoxy groups -OCH3 is 1. The lowest BCUT2D eigenvalue weighted by atomic mass is 10.2. The summed E-state index contributed by atoms with van der Waals surface area (Å²) in [5.41, 5.74) is 6.20. The summed E-state index contributed by atoms with van der Waals surface area (Å²) in [6.45, 7) is 0.248. The van der Waals surface area contributed by atoms with Crippen molar-refractivity contribution in [1.29, 1.82) is 0 Å². The number of amides is 1. The predicted molar refractivity (Wildman–Crippen MR) is 91.1 cm³/mol. The van der Waals surface area contributed by atoms with E-state index in [0.29, 0.717) is 11.4 Å². The van der Waals surface area contributed by atoms with Gasteiger partial charge in [-0.05, 0) is 18.2 Å². The van der Waals surface area contributed by atoms with Crippen LogP contribution in [0, 0.1) is 5.82 Å². The number of rotatable bonds is 6. The number of carbonyl (C=O) groups excluding carboxylic acids is 1. The van der Waals surface area contributed by atoms with Gasteiger partial charge < -0.3 is 20.4 Å². The summed E-state index contributed by atoms with van der Waals surface area (Å²) in [5.74, 6) is -0.727. The highest BCUT2D eigenvalue weighted by Crippen LogP contribution is 2.18. The van der Waals surface area contributed by atoms with Crippen LogP contribution in [0.2, 0.25) is 0 Å². The van der Waals surface area contributed by atoms with Gasteiger partial charge in [-0.25, -0.2) is 9.37 Å². The summed E-state index contributed by atoms with van der Waals surface area (Å²) >= 11 is 0. The molecule has 1 heterocycles. The lowest BCUT2D eigenvalue weighted by Crippen LogP contribution is -2.28. The zero-order valence-corrected chi connectivity index (χ0v) is 14.1. The number of carbonyl (C=O) groups is 1. The van der Waals surface area contributed by atoms with Gasteiger partial charge in [-0.2, -0.15) is 0 Å². The van der Waals surface area contributed by atoms with Gasteiger partial charge in [0.05, 0.1) is 24.5 Å². The summed E-state index contributed by atoms with van der Waals surface area (Å²) in [5, 5.41) is 2.61. The van der Waals surface area contributed by atoms with E-state index < -0.39 is 5.82 Å². The van der Waals surface area contributed by atoms with E-state index in [4.69, 9.17) is 10.5 Å². The monoisotopic (exact) mass is 364 g/mol. The molecule has 0 bridgehead atoms. The van der Waals surface area contributed by atoms with Crippen LogP contribution in [0.4, 0.5) is 10.1 Å². The van der Waals surface area contributed by atoms with Gasteiger partial charge in [0.15, 0.2) is 0 Å². The molecule has 3 N–H and O–H groups in total. The number of nitrogens with one attached hydrogen (secondary N) is 1. The van der Waals surface area contributed by atoms with Crippen LogP contribution in [0.5, 0.6) is 0 Å². The van der Waals surface area contributed by atoms with E-state index in [2.05, 4.69) is 10.3 Å². The fraction of sp³-hybridized carbons (Fsp3) is 0.286. The number of hydrogen-bond donors (Lipinski definition) is 2. The van der Waals surface area contributed by atoms with E-state index in [1.54, 1.807) is 29.1 Å². The SMILES string of the molecule is COC(CN)CC(=O)Nc1ccc(-n2ccnc2)c(F)c1.Cl.Cl. The Labute approximate surface area is 146 Å². The van der Waals surface area contributed by atoms with Crippen molar-refractivity contribution in [3.8, 4) is 5.69 Å². The van der Waals surface area contributed by atoms with Crippen molar-refractivity contribution in [2.24, 2.45) is 5.73 Å². The molecule has 6 nitrogen and oxygen atoms in total. The van der Waals surface area contributed by atoms with Gasteiger partial charge in [0.2, 0.25) is 5.91 Å². The van der Waals surface area contributed by atoms with Crippen molar-refractivity contribution in [2.75, 3.05) is 19.0 Å². The van der Waals surface area contributed by atoms with E-state index in [-0.39, 0.29) is 49.8 Å². The Kier molecular flexibility index (Phi) is 9.43. The van der Waals surface area contributed by atoms with E-state index in [0.717, 1.165) is 0 Å². The van der Waals surface area contributed by atoms with Crippen LogP contribution in [-0.4, -0.2) is 35.2 Å². The Morgan fingerprint density at radius 1 is 1.48 bits per heavy atom. The van der Waals surface area contributed by atoms with Gasteiger partial charge in [0, 0.05) is 31.7 Å². The third-order valence-electron chi connectivity index (χ3n) is 3.02. The number of nitrogens with two attached hydrogens (primary N) is 1. The summed E-state index contributed by atoms with van der Waals surface area (Å²) in [6, 6.07) is 4.46. The van der Waals surface area contributed by atoms with Gasteiger partial charge in [-0.1, -0.05) is 0 Å². The molecular formula is C14H19Cl2FN4O2. The molecule has 0 saturated heterocycles. The Hall–Kier alpha value is -1.67. The normalized spacial score (nSPS) is 11.1. The van der Waals surface area contributed by atoms with Crippen LogP contribution >= 0.6 is 24.8 Å². The van der Waals surface area contributed by atoms with Crippen LogP contribution in [-0.2, 0) is 9.53 Å². The third kappa shape index (κ3) is 5.80. The first-order chi connectivity index (χ1) is 10.1. The second-order valence-electron chi connectivity index (χ2n) is 4.48. The fourth-order valence-corrected chi connectivity index (χ4v) is 1.88. The van der Waals surface area contributed by atoms with Crippen molar-refractivity contribution < 1.29 is 13.9 Å². The van der Waals surface area contributed by atoms with Crippen molar-refractivity contribution in [1.82, 2.24) is 9.55 Å². The average molecular weight is 365 g/mol. The molecule has 0 saturated carbocycles. The highest BCUT2D eigenvalue weighted by molar-refractivity contribution is 5.91. The smallest absolute Gasteiger partial charge is 0.227 e. The number of anilines is 1. The Morgan fingerprint density at radius 2 is 2.22 bits per heavy atom. The predicted octanol–water partition coefficient (Wildman–Crippen LogP) is 2.16. The molecule has 1 aromatic carbocycles. The average Bonchev–Trinajstić information content (AvgIpc) is 2.98. The molecule has 0 fully saturated rings.